The van der Waals surface area contributed by atoms with Crippen LogP contribution in [0.25, 0.3) is 0 Å². The van der Waals surface area contributed by atoms with E-state index in [0.717, 1.165) is 12.7 Å². The summed E-state index contributed by atoms with van der Waals surface area (Å²) in [4.78, 5) is 20.2. The number of fused-ring (bicyclic) bond motifs is 1. The number of pyridine rings is 1. The van der Waals surface area contributed by atoms with E-state index in [9.17, 15) is 14.3 Å². The predicted molar refractivity (Wildman–Crippen MR) is 117 cm³/mol. The molecule has 2 N–H and O–H groups in total. The molecule has 0 aliphatic carbocycles. The Balaban J connectivity index is 1.89. The van der Waals surface area contributed by atoms with Crippen LogP contribution >= 0.6 is 0 Å². The molecule has 0 spiro atoms. The van der Waals surface area contributed by atoms with Crippen LogP contribution in [0.3, 0.4) is 0 Å². The predicted octanol–water partition coefficient (Wildman–Crippen LogP) is 3.10. The Labute approximate surface area is 185 Å². The summed E-state index contributed by atoms with van der Waals surface area (Å²) in [5.74, 6) is -1.34. The summed E-state index contributed by atoms with van der Waals surface area (Å²) < 4.78 is 34.1. The van der Waals surface area contributed by atoms with Gasteiger partial charge in [-0.15, -0.1) is 0 Å². The number of halogens is 2. The van der Waals surface area contributed by atoms with Crippen molar-refractivity contribution >= 4 is 23.2 Å². The van der Waals surface area contributed by atoms with Gasteiger partial charge in [-0.25, -0.2) is 18.6 Å². The van der Waals surface area contributed by atoms with Gasteiger partial charge in [0.25, 0.3) is 0 Å². The Morgan fingerprint density at radius 2 is 2.12 bits per heavy atom. The van der Waals surface area contributed by atoms with Gasteiger partial charge in [0.15, 0.2) is 0 Å². The van der Waals surface area contributed by atoms with E-state index in [0.29, 0.717) is 30.3 Å². The van der Waals surface area contributed by atoms with Crippen molar-refractivity contribution in [3.63, 3.8) is 0 Å². The second-order valence-corrected chi connectivity index (χ2v) is 7.98. The monoisotopic (exact) mass is 444 g/mol. The Kier molecular flexibility index (Phi) is 6.12. The molecule has 2 aliphatic rings. The smallest absolute Gasteiger partial charge is 0.338 e. The molecule has 170 valence electrons. The number of aliphatic hydroxyl groups excluding tert-OH is 1. The maximum absolute atomic E-state index is 15.5. The van der Waals surface area contributed by atoms with Crippen molar-refractivity contribution in [1.29, 1.82) is 0 Å². The number of benzene rings is 1. The van der Waals surface area contributed by atoms with Gasteiger partial charge < -0.3 is 25.0 Å². The molecule has 0 bridgehead atoms. The Bertz CT molecular complexity index is 1060. The van der Waals surface area contributed by atoms with Crippen molar-refractivity contribution < 1.29 is 23.4 Å². The molecule has 2 atom stereocenters. The zero-order chi connectivity index (χ0) is 23.0. The maximum Gasteiger partial charge on any atom is 0.338 e. The molecule has 2 unspecified atom stereocenters. The number of piperazine rings is 1. The molecule has 2 aromatic rings. The van der Waals surface area contributed by atoms with Gasteiger partial charge in [0.2, 0.25) is 0 Å². The quantitative estimate of drug-likeness (QED) is 0.702. The number of aliphatic hydroxyl groups is 1. The van der Waals surface area contributed by atoms with Crippen LogP contribution in [-0.4, -0.2) is 48.3 Å². The Morgan fingerprint density at radius 3 is 2.78 bits per heavy atom. The molecule has 1 aromatic heterocycles. The highest BCUT2D eigenvalue weighted by molar-refractivity contribution is 5.94. The number of nitrogens with zero attached hydrogens (tertiary/aromatic N) is 3. The van der Waals surface area contributed by atoms with Crippen LogP contribution in [0.2, 0.25) is 0 Å². The van der Waals surface area contributed by atoms with Gasteiger partial charge in [0.1, 0.15) is 23.6 Å². The number of anilines is 3. The largest absolute Gasteiger partial charge is 0.463 e. The van der Waals surface area contributed by atoms with Crippen LogP contribution in [-0.2, 0) is 9.53 Å². The third-order valence-electron chi connectivity index (χ3n) is 5.78. The van der Waals surface area contributed by atoms with Crippen molar-refractivity contribution in [2.45, 2.75) is 32.9 Å². The second-order valence-electron chi connectivity index (χ2n) is 7.98. The van der Waals surface area contributed by atoms with E-state index >= 15 is 4.39 Å². The van der Waals surface area contributed by atoms with E-state index in [-0.39, 0.29) is 29.3 Å². The zero-order valence-corrected chi connectivity index (χ0v) is 18.2. The molecule has 0 radical (unpaired) electrons. The lowest BCUT2D eigenvalue weighted by molar-refractivity contribution is -0.139. The molecule has 3 heterocycles. The number of ether oxygens (including phenoxy) is 1. The topological polar surface area (TPSA) is 77.9 Å². The van der Waals surface area contributed by atoms with Crippen LogP contribution in [0, 0.1) is 18.6 Å². The van der Waals surface area contributed by atoms with Gasteiger partial charge in [-0.3, -0.25) is 0 Å². The summed E-state index contributed by atoms with van der Waals surface area (Å²) in [5, 5.41) is 14.3. The molecule has 0 amide bonds. The van der Waals surface area contributed by atoms with Gasteiger partial charge in [0.05, 0.1) is 29.8 Å². The van der Waals surface area contributed by atoms with Crippen LogP contribution in [0.4, 0.5) is 26.0 Å². The lowest BCUT2D eigenvalue weighted by atomic mass is 9.91. The van der Waals surface area contributed by atoms with E-state index in [1.54, 1.807) is 24.8 Å². The maximum atomic E-state index is 15.5. The number of carbonyl (C=O) groups excluding carboxylic acids is 1. The molecule has 32 heavy (non-hydrogen) atoms. The van der Waals surface area contributed by atoms with Gasteiger partial charge in [-0.1, -0.05) is 0 Å². The summed E-state index contributed by atoms with van der Waals surface area (Å²) in [7, 11) is 0. The molecular formula is C23H26F2N4O3. The molecular weight excluding hydrogens is 418 g/mol. The van der Waals surface area contributed by atoms with E-state index in [2.05, 4.69) is 10.3 Å². The van der Waals surface area contributed by atoms with Crippen LogP contribution in [0.1, 0.15) is 31.1 Å². The fraction of sp³-hybridized carbons (Fsp3) is 0.391. The molecule has 4 rings (SSSR count). The summed E-state index contributed by atoms with van der Waals surface area (Å²) in [5.41, 5.74) is 1.33. The molecule has 1 saturated heterocycles. The fourth-order valence-electron chi connectivity index (χ4n) is 4.21. The zero-order valence-electron chi connectivity index (χ0n) is 18.2. The summed E-state index contributed by atoms with van der Waals surface area (Å²) in [6.07, 6.45) is 1.12. The number of hydrogen-bond acceptors (Lipinski definition) is 7. The lowest BCUT2D eigenvalue weighted by Gasteiger charge is -2.37. The normalized spacial score (nSPS) is 20.6. The minimum atomic E-state index is -1.37. The number of carbonyl (C=O) groups is 1. The number of aromatic nitrogens is 1. The van der Waals surface area contributed by atoms with Gasteiger partial charge in [-0.05, 0) is 44.5 Å². The first-order chi connectivity index (χ1) is 15.3. The van der Waals surface area contributed by atoms with Gasteiger partial charge in [0, 0.05) is 37.4 Å². The minimum absolute atomic E-state index is 0.0449. The summed E-state index contributed by atoms with van der Waals surface area (Å²) >= 11 is 0. The summed E-state index contributed by atoms with van der Waals surface area (Å²) in [6.45, 7) is 7.36. The van der Waals surface area contributed by atoms with Crippen LogP contribution in [0.5, 0.6) is 0 Å². The molecule has 1 fully saturated rings. The number of rotatable bonds is 4. The highest BCUT2D eigenvalue weighted by Crippen LogP contribution is 2.45. The van der Waals surface area contributed by atoms with Crippen molar-refractivity contribution in [3.8, 4) is 0 Å². The van der Waals surface area contributed by atoms with Crippen molar-refractivity contribution in [2.24, 2.45) is 0 Å². The average Bonchev–Trinajstić information content (AvgIpc) is 2.77. The first kappa shape index (κ1) is 22.2. The van der Waals surface area contributed by atoms with Crippen LogP contribution in [0.15, 0.2) is 36.2 Å². The lowest BCUT2D eigenvalue weighted by Crippen LogP contribution is -2.49. The third kappa shape index (κ3) is 3.93. The standard InChI is InChI=1S/C23H26F2N4O3/c1-4-32-23(31)16-12-29(19-6-5-15(24)10-27-19)17-9-18(28-8-7-26-13(2)11-28)21(25)14(3)20(17)22(16)30/h5-6,9-10,12-13,22,26,30H,4,7-8,11H2,1-3H3. The fourth-order valence-corrected chi connectivity index (χ4v) is 4.21. The Morgan fingerprint density at radius 1 is 1.34 bits per heavy atom. The highest BCUT2D eigenvalue weighted by atomic mass is 19.1. The van der Waals surface area contributed by atoms with Crippen molar-refractivity contribution in [3.05, 3.63) is 58.9 Å². The SMILES string of the molecule is CCOC(=O)C1=CN(c2ccc(F)cn2)c2cc(N3CCNC(C)C3)c(F)c(C)c2C1O. The van der Waals surface area contributed by atoms with Crippen molar-refractivity contribution in [2.75, 3.05) is 36.0 Å². The number of esters is 1. The minimum Gasteiger partial charge on any atom is -0.463 e. The van der Waals surface area contributed by atoms with Gasteiger partial charge >= 0.3 is 5.97 Å². The molecule has 2 aliphatic heterocycles. The van der Waals surface area contributed by atoms with Crippen LogP contribution < -0.4 is 15.1 Å². The Hall–Kier alpha value is -3.04. The number of hydrogen-bond donors (Lipinski definition) is 2. The molecule has 7 nitrogen and oxygen atoms in total. The van der Waals surface area contributed by atoms with E-state index in [1.807, 2.05) is 11.8 Å². The van der Waals surface area contributed by atoms with E-state index < -0.39 is 23.7 Å². The number of nitrogens with one attached hydrogen (secondary N) is 1. The van der Waals surface area contributed by atoms with Crippen molar-refractivity contribution in [1.82, 2.24) is 10.3 Å². The third-order valence-corrected chi connectivity index (χ3v) is 5.78. The molecule has 9 heteroatoms. The summed E-state index contributed by atoms with van der Waals surface area (Å²) in [6, 6.07) is 4.56. The molecule has 0 saturated carbocycles. The van der Waals surface area contributed by atoms with Gasteiger partial charge in [-0.2, -0.15) is 0 Å². The van der Waals surface area contributed by atoms with E-state index in [1.165, 1.54) is 18.3 Å². The van der Waals surface area contributed by atoms with E-state index in [4.69, 9.17) is 4.74 Å². The second kappa shape index (κ2) is 8.84. The molecule has 1 aromatic carbocycles. The average molecular weight is 444 g/mol. The first-order valence-electron chi connectivity index (χ1n) is 10.6. The highest BCUT2D eigenvalue weighted by Gasteiger charge is 2.35. The first-order valence-corrected chi connectivity index (χ1v) is 10.6.